The van der Waals surface area contributed by atoms with Crippen molar-refractivity contribution < 1.29 is 4.79 Å². The Morgan fingerprint density at radius 2 is 1.84 bits per heavy atom. The lowest BCUT2D eigenvalue weighted by atomic mass is 10.1. The predicted molar refractivity (Wildman–Crippen MR) is 92.7 cm³/mol. The van der Waals surface area contributed by atoms with Gasteiger partial charge in [0.2, 0.25) is 0 Å². The number of carbonyl (C=O) groups is 1. The molecule has 0 aliphatic rings. The summed E-state index contributed by atoms with van der Waals surface area (Å²) in [6.45, 7) is 0. The average Bonchev–Trinajstić information content (AvgIpc) is 2.45. The Balaban J connectivity index is 2.47. The molecule has 0 aliphatic carbocycles. The van der Waals surface area contributed by atoms with Crippen LogP contribution in [0.2, 0.25) is 0 Å². The molecule has 1 aromatic carbocycles. The zero-order valence-electron chi connectivity index (χ0n) is 11.1. The lowest BCUT2D eigenvalue weighted by molar-refractivity contribution is -0.114. The van der Waals surface area contributed by atoms with Crippen LogP contribution in [0.3, 0.4) is 0 Å². The Morgan fingerprint density at radius 3 is 2.42 bits per heavy atom. The molecule has 0 heterocycles. The second-order valence-corrected chi connectivity index (χ2v) is 6.47. The van der Waals surface area contributed by atoms with Crippen LogP contribution >= 0.6 is 39.5 Å². The molecule has 1 aromatic rings. The van der Waals surface area contributed by atoms with Crippen LogP contribution in [0.15, 0.2) is 45.1 Å². The van der Waals surface area contributed by atoms with Gasteiger partial charge >= 0.3 is 0 Å². The number of Topliss-reactive ketones (excluding diaryl/α,β-unsaturated/α-hetero) is 1. The number of thioether (sulfide) groups is 2. The van der Waals surface area contributed by atoms with Crippen LogP contribution in [0.1, 0.15) is 18.4 Å². The first-order chi connectivity index (χ1) is 9.19. The number of benzene rings is 1. The highest BCUT2D eigenvalue weighted by molar-refractivity contribution is 9.12. The molecule has 102 valence electrons. The van der Waals surface area contributed by atoms with E-state index in [1.165, 1.54) is 5.56 Å². The lowest BCUT2D eigenvalue weighted by Gasteiger charge is -2.03. The molecule has 0 atom stereocenters. The molecular formula is C15H17BrOS2. The zero-order chi connectivity index (χ0) is 14.1. The molecule has 19 heavy (non-hydrogen) atoms. The van der Waals surface area contributed by atoms with Gasteiger partial charge in [0.15, 0.2) is 5.78 Å². The summed E-state index contributed by atoms with van der Waals surface area (Å²) >= 11 is 6.59. The SMILES string of the molecule is CSC(SC)=C(Br)C(=O)CC/C=C/c1ccccc1. The van der Waals surface area contributed by atoms with Crippen molar-refractivity contribution in [1.82, 2.24) is 0 Å². The van der Waals surface area contributed by atoms with Gasteiger partial charge < -0.3 is 0 Å². The standard InChI is InChI=1S/C15H17BrOS2/c1-18-15(19-2)14(16)13(17)11-7-6-10-12-8-4-3-5-9-12/h3-6,8-10H,7,11H2,1-2H3/b10-6+. The zero-order valence-corrected chi connectivity index (χ0v) is 14.3. The Hall–Kier alpha value is -0.450. The first-order valence-electron chi connectivity index (χ1n) is 5.91. The largest absolute Gasteiger partial charge is 0.294 e. The number of rotatable bonds is 7. The summed E-state index contributed by atoms with van der Waals surface area (Å²) in [6.07, 6.45) is 9.36. The summed E-state index contributed by atoms with van der Waals surface area (Å²) < 4.78 is 1.75. The van der Waals surface area contributed by atoms with E-state index in [1.54, 1.807) is 23.5 Å². The van der Waals surface area contributed by atoms with Crippen molar-refractivity contribution in [1.29, 1.82) is 0 Å². The molecule has 0 amide bonds. The molecule has 1 nitrogen and oxygen atoms in total. The van der Waals surface area contributed by atoms with Gasteiger partial charge in [0.25, 0.3) is 0 Å². The van der Waals surface area contributed by atoms with Crippen LogP contribution in [0.4, 0.5) is 0 Å². The van der Waals surface area contributed by atoms with Crippen LogP contribution in [0.25, 0.3) is 6.08 Å². The van der Waals surface area contributed by atoms with E-state index in [1.807, 2.05) is 48.9 Å². The molecule has 0 N–H and O–H groups in total. The van der Waals surface area contributed by atoms with Crippen LogP contribution in [0.5, 0.6) is 0 Å². The van der Waals surface area contributed by atoms with Gasteiger partial charge in [-0.25, -0.2) is 0 Å². The number of halogens is 1. The molecule has 0 radical (unpaired) electrons. The maximum absolute atomic E-state index is 11.9. The van der Waals surface area contributed by atoms with E-state index in [0.29, 0.717) is 10.9 Å². The van der Waals surface area contributed by atoms with E-state index in [9.17, 15) is 4.79 Å². The number of ketones is 1. The van der Waals surface area contributed by atoms with Crippen LogP contribution in [-0.4, -0.2) is 18.3 Å². The minimum atomic E-state index is 0.163. The second kappa shape index (κ2) is 9.45. The van der Waals surface area contributed by atoms with Crippen molar-refractivity contribution in [2.45, 2.75) is 12.8 Å². The highest BCUT2D eigenvalue weighted by atomic mass is 79.9. The Kier molecular flexibility index (Phi) is 8.26. The summed E-state index contributed by atoms with van der Waals surface area (Å²) in [6, 6.07) is 10.1. The highest BCUT2D eigenvalue weighted by Crippen LogP contribution is 2.31. The third-order valence-corrected chi connectivity index (χ3v) is 5.96. The topological polar surface area (TPSA) is 17.1 Å². The molecule has 0 bridgehead atoms. The molecule has 0 saturated heterocycles. The van der Waals surface area contributed by atoms with E-state index in [-0.39, 0.29) is 5.78 Å². The van der Waals surface area contributed by atoms with Crippen molar-refractivity contribution in [2.75, 3.05) is 12.5 Å². The molecular weight excluding hydrogens is 340 g/mol. The molecule has 0 aromatic heterocycles. The van der Waals surface area contributed by atoms with Gasteiger partial charge in [-0.05, 0) is 40.4 Å². The van der Waals surface area contributed by atoms with Gasteiger partial charge in [0, 0.05) is 6.42 Å². The highest BCUT2D eigenvalue weighted by Gasteiger charge is 2.10. The summed E-state index contributed by atoms with van der Waals surface area (Å²) in [4.78, 5) is 11.9. The molecule has 0 unspecified atom stereocenters. The summed E-state index contributed by atoms with van der Waals surface area (Å²) in [5, 5.41) is 0. The lowest BCUT2D eigenvalue weighted by Crippen LogP contribution is -1.97. The van der Waals surface area contributed by atoms with Gasteiger partial charge in [-0.15, -0.1) is 23.5 Å². The van der Waals surface area contributed by atoms with E-state index in [4.69, 9.17) is 0 Å². The Bertz CT molecular complexity index is 460. The van der Waals surface area contributed by atoms with Crippen molar-refractivity contribution in [2.24, 2.45) is 0 Å². The van der Waals surface area contributed by atoms with Crippen LogP contribution in [0, 0.1) is 0 Å². The van der Waals surface area contributed by atoms with Crippen molar-refractivity contribution in [3.63, 3.8) is 0 Å². The molecule has 0 fully saturated rings. The first-order valence-corrected chi connectivity index (χ1v) is 9.15. The average molecular weight is 357 g/mol. The van der Waals surface area contributed by atoms with Gasteiger partial charge in [-0.3, -0.25) is 4.79 Å². The summed E-state index contributed by atoms with van der Waals surface area (Å²) in [5.74, 6) is 0.163. The maximum atomic E-state index is 11.9. The van der Waals surface area contributed by atoms with Crippen molar-refractivity contribution in [3.8, 4) is 0 Å². The normalized spacial score (nSPS) is 10.7. The quantitative estimate of drug-likeness (QED) is 0.613. The fourth-order valence-electron chi connectivity index (χ4n) is 1.48. The number of hydrogen-bond acceptors (Lipinski definition) is 3. The van der Waals surface area contributed by atoms with Gasteiger partial charge in [0.1, 0.15) is 0 Å². The van der Waals surface area contributed by atoms with Gasteiger partial charge in [-0.1, -0.05) is 42.5 Å². The maximum Gasteiger partial charge on any atom is 0.171 e. The minimum Gasteiger partial charge on any atom is -0.294 e. The minimum absolute atomic E-state index is 0.163. The number of allylic oxidation sites excluding steroid dienone is 2. The fraction of sp³-hybridized carbons (Fsp3) is 0.267. The van der Waals surface area contributed by atoms with E-state index in [0.717, 1.165) is 10.7 Å². The summed E-state index contributed by atoms with van der Waals surface area (Å²) in [7, 11) is 0. The Morgan fingerprint density at radius 1 is 1.21 bits per heavy atom. The van der Waals surface area contributed by atoms with E-state index in [2.05, 4.69) is 22.0 Å². The molecule has 0 spiro atoms. The Labute approximate surface area is 132 Å². The van der Waals surface area contributed by atoms with Gasteiger partial charge in [-0.2, -0.15) is 0 Å². The fourth-order valence-corrected chi connectivity index (χ4v) is 3.91. The smallest absolute Gasteiger partial charge is 0.171 e. The van der Waals surface area contributed by atoms with E-state index >= 15 is 0 Å². The van der Waals surface area contributed by atoms with Crippen LogP contribution in [-0.2, 0) is 4.79 Å². The third-order valence-electron chi connectivity index (χ3n) is 2.44. The van der Waals surface area contributed by atoms with Crippen molar-refractivity contribution in [3.05, 3.63) is 50.7 Å². The summed E-state index contributed by atoms with van der Waals surface area (Å²) in [5.41, 5.74) is 1.17. The second-order valence-electron chi connectivity index (χ2n) is 3.78. The monoisotopic (exact) mass is 356 g/mol. The van der Waals surface area contributed by atoms with Crippen LogP contribution < -0.4 is 0 Å². The third kappa shape index (κ3) is 6.02. The predicted octanol–water partition coefficient (Wildman–Crippen LogP) is 5.34. The van der Waals surface area contributed by atoms with Gasteiger partial charge in [0.05, 0.1) is 8.72 Å². The molecule has 0 saturated carbocycles. The van der Waals surface area contributed by atoms with Crippen molar-refractivity contribution >= 4 is 51.3 Å². The first kappa shape index (κ1) is 16.6. The molecule has 4 heteroatoms. The number of hydrogen-bond donors (Lipinski definition) is 0. The molecule has 0 aliphatic heterocycles. The number of carbonyl (C=O) groups excluding carboxylic acids is 1. The van der Waals surface area contributed by atoms with E-state index < -0.39 is 0 Å². The molecule has 1 rings (SSSR count).